The van der Waals surface area contributed by atoms with Gasteiger partial charge in [-0.25, -0.2) is 0 Å². The second-order valence-corrected chi connectivity index (χ2v) is 14.3. The molecule has 0 spiro atoms. The van der Waals surface area contributed by atoms with Crippen LogP contribution in [-0.4, -0.2) is 266 Å². The molecule has 0 aromatic heterocycles. The number of hydrogen-bond acceptors (Lipinski definition) is 25. The second-order valence-electron chi connectivity index (χ2n) is 14.3. The highest BCUT2D eigenvalue weighted by Crippen LogP contribution is 2.34. The van der Waals surface area contributed by atoms with Crippen molar-refractivity contribution in [2.24, 2.45) is 5.92 Å². The molecule has 4 aliphatic rings. The number of rotatable bonds is 16. The van der Waals surface area contributed by atoms with Gasteiger partial charge in [0.15, 0.2) is 25.2 Å². The predicted molar refractivity (Wildman–Crippen MR) is 173 cm³/mol. The van der Waals surface area contributed by atoms with E-state index in [0.29, 0.717) is 0 Å². The molecule has 0 aromatic rings. The summed E-state index contributed by atoms with van der Waals surface area (Å²) in [5.41, 5.74) is 0. The Morgan fingerprint density at radius 3 is 1.57 bits per heavy atom. The van der Waals surface area contributed by atoms with E-state index < -0.39 is 179 Å². The van der Waals surface area contributed by atoms with Gasteiger partial charge in [-0.05, 0) is 6.92 Å². The Balaban J connectivity index is 1.42. The van der Waals surface area contributed by atoms with Crippen molar-refractivity contribution in [2.45, 2.75) is 154 Å². The minimum atomic E-state index is -2.16. The first-order chi connectivity index (χ1) is 26.4. The molecule has 25 unspecified atom stereocenters. The van der Waals surface area contributed by atoms with Crippen molar-refractivity contribution in [1.29, 1.82) is 0 Å². The van der Waals surface area contributed by atoms with Crippen molar-refractivity contribution >= 4 is 6.29 Å². The number of carbonyl (C=O) groups is 1. The highest BCUT2D eigenvalue weighted by atomic mass is 16.8. The fourth-order valence-electron chi connectivity index (χ4n) is 7.26. The van der Waals surface area contributed by atoms with Crippen LogP contribution in [0.4, 0.5) is 0 Å². The van der Waals surface area contributed by atoms with Crippen LogP contribution in [0, 0.1) is 5.92 Å². The van der Waals surface area contributed by atoms with Crippen molar-refractivity contribution in [3.63, 3.8) is 0 Å². The minimum Gasteiger partial charge on any atom is -0.396 e. The number of aldehydes is 1. The summed E-state index contributed by atoms with van der Waals surface area (Å²) in [6.45, 7) is -2.40. The lowest BCUT2D eigenvalue weighted by Gasteiger charge is -2.50. The van der Waals surface area contributed by atoms with Crippen LogP contribution >= 0.6 is 0 Å². The van der Waals surface area contributed by atoms with Gasteiger partial charge in [-0.3, -0.25) is 0 Å². The lowest BCUT2D eigenvalue weighted by molar-refractivity contribution is -0.380. The summed E-state index contributed by atoms with van der Waals surface area (Å²) in [6, 6.07) is -2.72. The molecular formula is C31H55NO24. The molecule has 25 heteroatoms. The van der Waals surface area contributed by atoms with Crippen molar-refractivity contribution < 1.29 is 120 Å². The Hall–Kier alpha value is -1.29. The fourth-order valence-corrected chi connectivity index (χ4v) is 7.26. The molecule has 56 heavy (non-hydrogen) atoms. The zero-order valence-corrected chi connectivity index (χ0v) is 29.8. The molecule has 0 amide bonds. The molecule has 1 aliphatic carbocycles. The van der Waals surface area contributed by atoms with E-state index in [1.54, 1.807) is 0 Å². The summed E-state index contributed by atoms with van der Waals surface area (Å²) in [6.07, 6.45) is -41.0. The Morgan fingerprint density at radius 1 is 0.589 bits per heavy atom. The number of ether oxygens (including phenoxy) is 6. The highest BCUT2D eigenvalue weighted by Gasteiger charge is 2.55. The molecule has 0 bridgehead atoms. The zero-order valence-electron chi connectivity index (χ0n) is 29.8. The largest absolute Gasteiger partial charge is 0.396 e. The number of hydrogen-bond donors (Lipinski definition) is 18. The summed E-state index contributed by atoms with van der Waals surface area (Å²) < 4.78 is 33.3. The van der Waals surface area contributed by atoms with Crippen LogP contribution in [0.15, 0.2) is 0 Å². The van der Waals surface area contributed by atoms with Crippen molar-refractivity contribution in [1.82, 2.24) is 5.32 Å². The fraction of sp³-hybridized carbons (Fsp3) is 0.968. The van der Waals surface area contributed by atoms with E-state index in [2.05, 4.69) is 5.32 Å². The van der Waals surface area contributed by atoms with Gasteiger partial charge in [-0.2, -0.15) is 0 Å². The summed E-state index contributed by atoms with van der Waals surface area (Å²) in [7, 11) is 0. The Morgan fingerprint density at radius 2 is 1.07 bits per heavy atom. The first-order valence-electron chi connectivity index (χ1n) is 17.8. The standard InChI is InChI=1S/C31H55NO24/c1-7-13(32-14-15(40)8(2-33)16(41)20(45)19(14)44)18(43)23(48)29(51-7)55-27-11(5-36)53-31(25(50)22(27)47)56-28-12(6-37)52-30(24(49)21(28)46)54-26(10(39)4-35)17(42)9(38)3-34/h3,7-33,35-50H,2,4-6H2,1H3. The average molecular weight is 826 g/mol. The number of carbonyl (C=O) groups excluding carboxylic acids is 1. The van der Waals surface area contributed by atoms with Gasteiger partial charge in [0.1, 0.15) is 97.7 Å². The van der Waals surface area contributed by atoms with Crippen molar-refractivity contribution in [2.75, 3.05) is 26.4 Å². The molecule has 4 fully saturated rings. The SMILES string of the molecule is CC1OC(OC2C(CO)OC(OC3C(CO)OC(OC(C(O)CO)C(O)C(O)C=O)C(O)C3O)C(O)C2O)C(O)C(O)C1NC1C(O)C(O)C(O)C(CO)C1O. The molecule has 25 nitrogen and oxygen atoms in total. The summed E-state index contributed by atoms with van der Waals surface area (Å²) in [4.78, 5) is 11.0. The molecule has 3 heterocycles. The summed E-state index contributed by atoms with van der Waals surface area (Å²) in [5.74, 6) is -1.29. The van der Waals surface area contributed by atoms with Crippen LogP contribution in [0.5, 0.6) is 0 Å². The maximum Gasteiger partial charge on any atom is 0.187 e. The van der Waals surface area contributed by atoms with Crippen molar-refractivity contribution in [3.8, 4) is 0 Å². The quantitative estimate of drug-likeness (QED) is 0.0642. The number of aliphatic hydroxyl groups excluding tert-OH is 17. The number of aliphatic hydroxyl groups is 17. The monoisotopic (exact) mass is 825 g/mol. The van der Waals surface area contributed by atoms with Gasteiger partial charge >= 0.3 is 0 Å². The molecule has 25 atom stereocenters. The Kier molecular flexibility index (Phi) is 17.2. The third-order valence-corrected chi connectivity index (χ3v) is 10.7. The van der Waals surface area contributed by atoms with Crippen LogP contribution in [0.1, 0.15) is 6.92 Å². The third-order valence-electron chi connectivity index (χ3n) is 10.7. The molecule has 3 saturated heterocycles. The van der Waals surface area contributed by atoms with Crippen LogP contribution < -0.4 is 5.32 Å². The van der Waals surface area contributed by atoms with E-state index in [9.17, 15) is 91.6 Å². The normalized spacial score (nSPS) is 48.5. The first kappa shape index (κ1) is 47.4. The maximum atomic E-state index is 11.1. The molecule has 4 rings (SSSR count). The van der Waals surface area contributed by atoms with Gasteiger partial charge < -0.3 is 125 Å². The van der Waals surface area contributed by atoms with E-state index in [1.165, 1.54) is 6.92 Å². The maximum absolute atomic E-state index is 11.1. The van der Waals surface area contributed by atoms with E-state index in [1.807, 2.05) is 0 Å². The van der Waals surface area contributed by atoms with E-state index in [4.69, 9.17) is 28.4 Å². The first-order valence-corrected chi connectivity index (χ1v) is 17.8. The van der Waals surface area contributed by atoms with E-state index >= 15 is 0 Å². The van der Waals surface area contributed by atoms with E-state index in [0.717, 1.165) is 0 Å². The lowest BCUT2D eigenvalue weighted by Crippen LogP contribution is -2.72. The Bertz CT molecular complexity index is 1210. The van der Waals surface area contributed by atoms with Crippen LogP contribution in [0.2, 0.25) is 0 Å². The summed E-state index contributed by atoms with van der Waals surface area (Å²) >= 11 is 0. The van der Waals surface area contributed by atoms with Gasteiger partial charge in [-0.1, -0.05) is 0 Å². The van der Waals surface area contributed by atoms with Gasteiger partial charge in [-0.15, -0.1) is 0 Å². The van der Waals surface area contributed by atoms with E-state index in [-0.39, 0.29) is 6.29 Å². The van der Waals surface area contributed by atoms with Crippen LogP contribution in [0.25, 0.3) is 0 Å². The predicted octanol–water partition coefficient (Wildman–Crippen LogP) is -11.8. The minimum absolute atomic E-state index is 0.104. The number of nitrogens with one attached hydrogen (secondary N) is 1. The molecule has 328 valence electrons. The molecule has 0 radical (unpaired) electrons. The highest BCUT2D eigenvalue weighted by molar-refractivity contribution is 5.56. The topological polar surface area (TPSA) is 428 Å². The smallest absolute Gasteiger partial charge is 0.187 e. The van der Waals surface area contributed by atoms with Crippen LogP contribution in [0.3, 0.4) is 0 Å². The lowest BCUT2D eigenvalue weighted by atomic mass is 9.76. The third kappa shape index (κ3) is 9.67. The van der Waals surface area contributed by atoms with Gasteiger partial charge in [0.05, 0.1) is 56.8 Å². The molecule has 3 aliphatic heterocycles. The molecular weight excluding hydrogens is 770 g/mol. The van der Waals surface area contributed by atoms with Gasteiger partial charge in [0.25, 0.3) is 0 Å². The second kappa shape index (κ2) is 20.3. The average Bonchev–Trinajstić information content (AvgIpc) is 3.18. The van der Waals surface area contributed by atoms with Gasteiger partial charge in [0, 0.05) is 5.92 Å². The Labute approximate surface area is 318 Å². The summed E-state index contributed by atoms with van der Waals surface area (Å²) in [5, 5.41) is 179. The molecule has 18 N–H and O–H groups in total. The van der Waals surface area contributed by atoms with Gasteiger partial charge in [0.2, 0.25) is 0 Å². The van der Waals surface area contributed by atoms with Crippen LogP contribution in [-0.2, 0) is 33.2 Å². The zero-order chi connectivity index (χ0) is 41.9. The molecule has 0 aromatic carbocycles. The van der Waals surface area contributed by atoms with Crippen molar-refractivity contribution in [3.05, 3.63) is 0 Å². The molecule has 1 saturated carbocycles.